The van der Waals surface area contributed by atoms with Gasteiger partial charge in [-0.15, -0.1) is 0 Å². The summed E-state index contributed by atoms with van der Waals surface area (Å²) in [5.74, 6) is 0.0951. The van der Waals surface area contributed by atoms with Crippen molar-refractivity contribution in [3.8, 4) is 11.3 Å². The van der Waals surface area contributed by atoms with Crippen molar-refractivity contribution >= 4 is 16.9 Å². The highest BCUT2D eigenvalue weighted by Gasteiger charge is 2.34. The van der Waals surface area contributed by atoms with Gasteiger partial charge in [-0.3, -0.25) is 9.69 Å². The van der Waals surface area contributed by atoms with Crippen molar-refractivity contribution < 1.29 is 13.9 Å². The number of likely N-dealkylation sites (tertiary alicyclic amines) is 1. The average Bonchev–Trinajstić information content (AvgIpc) is 2.87. The molecule has 33 heavy (non-hydrogen) atoms. The van der Waals surface area contributed by atoms with Crippen molar-refractivity contribution in [1.29, 1.82) is 0 Å². The van der Waals surface area contributed by atoms with Crippen LogP contribution in [-0.4, -0.2) is 36.1 Å². The van der Waals surface area contributed by atoms with Crippen molar-refractivity contribution in [3.05, 3.63) is 69.9 Å². The van der Waals surface area contributed by atoms with E-state index >= 15 is 0 Å². The Morgan fingerprint density at radius 2 is 1.70 bits per heavy atom. The van der Waals surface area contributed by atoms with Crippen LogP contribution in [0.1, 0.15) is 60.9 Å². The van der Waals surface area contributed by atoms with Crippen LogP contribution in [0.25, 0.3) is 22.3 Å². The monoisotopic (exact) mass is 445 g/mol. The molecule has 1 saturated carbocycles. The number of rotatable bonds is 4. The van der Waals surface area contributed by atoms with E-state index in [1.165, 1.54) is 25.7 Å². The van der Waals surface area contributed by atoms with Crippen LogP contribution >= 0.6 is 0 Å². The third kappa shape index (κ3) is 4.34. The minimum Gasteiger partial charge on any atom is -0.457 e. The number of piperidine rings is 1. The summed E-state index contributed by atoms with van der Waals surface area (Å²) in [5, 5.41) is 0.415. The molecule has 2 aliphatic rings. The standard InChI is InChI=1S/C28H31NO4/c1-19-25(30)21-13-10-14-22(27(21)33-26(19)20-11-4-2-5-12-20)28(31)32-24-16-7-6-15-23(24)29-17-8-3-9-18-29/h2,4-5,10-14,23-24H,3,6-9,15-18H2,1H3. The highest BCUT2D eigenvalue weighted by molar-refractivity contribution is 6.02. The molecule has 1 aliphatic carbocycles. The Labute approximate surface area is 194 Å². The van der Waals surface area contributed by atoms with Crippen LogP contribution in [-0.2, 0) is 4.74 Å². The quantitative estimate of drug-likeness (QED) is 0.481. The van der Waals surface area contributed by atoms with Crippen LogP contribution in [0.4, 0.5) is 0 Å². The first-order chi connectivity index (χ1) is 16.1. The molecule has 0 N–H and O–H groups in total. The Balaban J connectivity index is 1.49. The van der Waals surface area contributed by atoms with Crippen LogP contribution in [0.2, 0.25) is 0 Å². The van der Waals surface area contributed by atoms with Crippen LogP contribution in [0.5, 0.6) is 0 Å². The Morgan fingerprint density at radius 1 is 0.939 bits per heavy atom. The largest absolute Gasteiger partial charge is 0.457 e. The predicted molar refractivity (Wildman–Crippen MR) is 130 cm³/mol. The molecule has 2 fully saturated rings. The molecular formula is C28H31NO4. The Bertz CT molecular complexity index is 1190. The van der Waals surface area contributed by atoms with E-state index < -0.39 is 5.97 Å². The molecule has 5 rings (SSSR count). The molecule has 2 unspecified atom stereocenters. The zero-order chi connectivity index (χ0) is 22.8. The summed E-state index contributed by atoms with van der Waals surface area (Å²) in [7, 11) is 0. The summed E-state index contributed by atoms with van der Waals surface area (Å²) in [6.45, 7) is 3.94. The molecule has 2 aromatic carbocycles. The van der Waals surface area contributed by atoms with Gasteiger partial charge in [-0.25, -0.2) is 4.79 Å². The minimum absolute atomic E-state index is 0.117. The molecular weight excluding hydrogens is 414 g/mol. The highest BCUT2D eigenvalue weighted by Crippen LogP contribution is 2.31. The van der Waals surface area contributed by atoms with E-state index in [1.54, 1.807) is 25.1 Å². The number of carbonyl (C=O) groups excluding carboxylic acids is 1. The molecule has 172 valence electrons. The van der Waals surface area contributed by atoms with Crippen molar-refractivity contribution in [3.63, 3.8) is 0 Å². The number of para-hydroxylation sites is 1. The summed E-state index contributed by atoms with van der Waals surface area (Å²) in [6.07, 6.45) is 7.80. The molecule has 0 spiro atoms. The van der Waals surface area contributed by atoms with Gasteiger partial charge < -0.3 is 9.15 Å². The highest BCUT2D eigenvalue weighted by atomic mass is 16.5. The molecule has 1 aliphatic heterocycles. The molecule has 2 atom stereocenters. The lowest BCUT2D eigenvalue weighted by molar-refractivity contribution is -0.0217. The minimum atomic E-state index is -0.402. The zero-order valence-corrected chi connectivity index (χ0v) is 19.2. The van der Waals surface area contributed by atoms with Gasteiger partial charge in [0.2, 0.25) is 0 Å². The average molecular weight is 446 g/mol. The molecule has 1 saturated heterocycles. The summed E-state index contributed by atoms with van der Waals surface area (Å²) in [5.41, 5.74) is 1.87. The van der Waals surface area contributed by atoms with Gasteiger partial charge in [-0.05, 0) is 64.3 Å². The first kappa shape index (κ1) is 21.9. The fourth-order valence-corrected chi connectivity index (χ4v) is 5.42. The Hall–Kier alpha value is -2.92. The number of hydrogen-bond donors (Lipinski definition) is 0. The maximum atomic E-state index is 13.4. The van der Waals surface area contributed by atoms with Crippen LogP contribution in [0, 0.1) is 6.92 Å². The summed E-state index contributed by atoms with van der Waals surface area (Å²) < 4.78 is 12.4. The van der Waals surface area contributed by atoms with E-state index in [0.717, 1.165) is 37.9 Å². The number of nitrogens with zero attached hydrogens (tertiary/aromatic N) is 1. The van der Waals surface area contributed by atoms with Gasteiger partial charge in [0.25, 0.3) is 0 Å². The normalized spacial score (nSPS) is 21.7. The Morgan fingerprint density at radius 3 is 2.48 bits per heavy atom. The fraction of sp³-hybridized carbons (Fsp3) is 0.429. The van der Waals surface area contributed by atoms with Gasteiger partial charge in [0, 0.05) is 17.2 Å². The maximum Gasteiger partial charge on any atom is 0.342 e. The second kappa shape index (κ2) is 9.52. The van der Waals surface area contributed by atoms with E-state index in [4.69, 9.17) is 9.15 Å². The second-order valence-corrected chi connectivity index (χ2v) is 9.33. The molecule has 5 heteroatoms. The number of carbonyl (C=O) groups is 1. The van der Waals surface area contributed by atoms with Crippen molar-refractivity contribution in [2.24, 2.45) is 0 Å². The third-order valence-corrected chi connectivity index (χ3v) is 7.19. The van der Waals surface area contributed by atoms with Crippen LogP contribution in [0.3, 0.4) is 0 Å². The van der Waals surface area contributed by atoms with E-state index in [2.05, 4.69) is 4.90 Å². The van der Waals surface area contributed by atoms with Gasteiger partial charge in [-0.1, -0.05) is 49.2 Å². The number of ether oxygens (including phenoxy) is 1. The van der Waals surface area contributed by atoms with Crippen molar-refractivity contribution in [2.45, 2.75) is 64.0 Å². The van der Waals surface area contributed by atoms with Crippen LogP contribution < -0.4 is 5.43 Å². The SMILES string of the molecule is Cc1c(-c2ccccc2)oc2c(C(=O)OC3CCCCC3N3CCCCC3)cccc2c1=O. The van der Waals surface area contributed by atoms with Gasteiger partial charge in [0.15, 0.2) is 11.0 Å². The number of benzene rings is 2. The number of hydrogen-bond acceptors (Lipinski definition) is 5. The summed E-state index contributed by atoms with van der Waals surface area (Å²) in [4.78, 5) is 29.0. The molecule has 3 aromatic rings. The van der Waals surface area contributed by atoms with E-state index in [9.17, 15) is 9.59 Å². The lowest BCUT2D eigenvalue weighted by Crippen LogP contribution is -2.49. The molecule has 5 nitrogen and oxygen atoms in total. The van der Waals surface area contributed by atoms with E-state index in [0.29, 0.717) is 27.9 Å². The molecule has 2 heterocycles. The molecule has 0 radical (unpaired) electrons. The third-order valence-electron chi connectivity index (χ3n) is 7.19. The number of fused-ring (bicyclic) bond motifs is 1. The Kier molecular flexibility index (Phi) is 6.32. The summed E-state index contributed by atoms with van der Waals surface area (Å²) in [6, 6.07) is 15.0. The van der Waals surface area contributed by atoms with Gasteiger partial charge in [-0.2, -0.15) is 0 Å². The molecule has 1 aromatic heterocycles. The lowest BCUT2D eigenvalue weighted by atomic mass is 9.90. The predicted octanol–water partition coefficient (Wildman–Crippen LogP) is 5.72. The zero-order valence-electron chi connectivity index (χ0n) is 19.2. The van der Waals surface area contributed by atoms with Gasteiger partial charge in [0.1, 0.15) is 17.4 Å². The lowest BCUT2D eigenvalue weighted by Gasteiger charge is -2.41. The first-order valence-corrected chi connectivity index (χ1v) is 12.2. The fourth-order valence-electron chi connectivity index (χ4n) is 5.42. The number of esters is 1. The maximum absolute atomic E-state index is 13.4. The topological polar surface area (TPSA) is 59.8 Å². The first-order valence-electron chi connectivity index (χ1n) is 12.2. The second-order valence-electron chi connectivity index (χ2n) is 9.33. The van der Waals surface area contributed by atoms with E-state index in [-0.39, 0.29) is 17.6 Å². The van der Waals surface area contributed by atoms with E-state index in [1.807, 2.05) is 30.3 Å². The smallest absolute Gasteiger partial charge is 0.342 e. The molecule has 0 bridgehead atoms. The van der Waals surface area contributed by atoms with Crippen LogP contribution in [0.15, 0.2) is 57.7 Å². The van der Waals surface area contributed by atoms with Gasteiger partial charge in [0.05, 0.1) is 5.39 Å². The van der Waals surface area contributed by atoms with Crippen molar-refractivity contribution in [1.82, 2.24) is 4.90 Å². The van der Waals surface area contributed by atoms with Crippen molar-refractivity contribution in [2.75, 3.05) is 13.1 Å². The van der Waals surface area contributed by atoms with Gasteiger partial charge >= 0.3 is 5.97 Å². The summed E-state index contributed by atoms with van der Waals surface area (Å²) >= 11 is 0. The molecule has 0 amide bonds.